The summed E-state index contributed by atoms with van der Waals surface area (Å²) in [6, 6.07) is 16.1. The highest BCUT2D eigenvalue weighted by Crippen LogP contribution is 2.26. The Morgan fingerprint density at radius 1 is 1.13 bits per heavy atom. The zero-order valence-corrected chi connectivity index (χ0v) is 19.7. The highest BCUT2D eigenvalue weighted by molar-refractivity contribution is 9.10. The minimum absolute atomic E-state index is 0.181. The summed E-state index contributed by atoms with van der Waals surface area (Å²) in [4.78, 5) is 2.08. The molecule has 3 rings (SSSR count). The van der Waals surface area contributed by atoms with Gasteiger partial charge >= 0.3 is 0 Å². The first-order valence-electron chi connectivity index (χ1n) is 9.93. The van der Waals surface area contributed by atoms with Crippen LogP contribution in [0.2, 0.25) is 0 Å². The Kier molecular flexibility index (Phi) is 7.23. The highest BCUT2D eigenvalue weighted by atomic mass is 79.9. The molecule has 0 radical (unpaired) electrons. The molecule has 0 aliphatic heterocycles. The first-order chi connectivity index (χ1) is 14.2. The van der Waals surface area contributed by atoms with E-state index in [2.05, 4.69) is 86.7 Å². The van der Waals surface area contributed by atoms with Crippen molar-refractivity contribution in [2.45, 2.75) is 32.4 Å². The van der Waals surface area contributed by atoms with Crippen LogP contribution in [0.1, 0.15) is 38.2 Å². The van der Waals surface area contributed by atoms with Crippen molar-refractivity contribution in [3.63, 3.8) is 0 Å². The molecule has 0 amide bonds. The molecule has 7 nitrogen and oxygen atoms in total. The second-order valence-electron chi connectivity index (χ2n) is 8.27. The van der Waals surface area contributed by atoms with E-state index in [9.17, 15) is 0 Å². The van der Waals surface area contributed by atoms with Crippen molar-refractivity contribution >= 4 is 21.6 Å². The molecule has 1 heterocycles. The van der Waals surface area contributed by atoms with Crippen LogP contribution in [0.4, 0.5) is 5.69 Å². The van der Waals surface area contributed by atoms with Gasteiger partial charge in [-0.15, -0.1) is 5.10 Å². The molecule has 0 aliphatic rings. The van der Waals surface area contributed by atoms with Crippen LogP contribution in [0.5, 0.6) is 0 Å². The van der Waals surface area contributed by atoms with Gasteiger partial charge in [0.2, 0.25) is 0 Å². The van der Waals surface area contributed by atoms with Crippen molar-refractivity contribution in [2.75, 3.05) is 32.1 Å². The third-order valence-electron chi connectivity index (χ3n) is 4.51. The molecular formula is C22H29BrN6O. The van der Waals surface area contributed by atoms with E-state index in [1.165, 1.54) is 0 Å². The average Bonchev–Trinajstić information content (AvgIpc) is 3.16. The standard InChI is InChI=1S/C22H29BrN6O/c1-22(2,3)30-13-12-24-20(16-8-6-10-18(14-16)28(4)5)21-25-26-27-29(21)19-11-7-9-17(23)15-19/h6-11,14-15,20,24H,12-13H2,1-5H3. The van der Waals surface area contributed by atoms with Crippen LogP contribution in [0.15, 0.2) is 53.0 Å². The monoisotopic (exact) mass is 472 g/mol. The van der Waals surface area contributed by atoms with Crippen molar-refractivity contribution in [2.24, 2.45) is 0 Å². The summed E-state index contributed by atoms with van der Waals surface area (Å²) in [6.45, 7) is 7.42. The topological polar surface area (TPSA) is 68.1 Å². The first kappa shape index (κ1) is 22.4. The maximum atomic E-state index is 5.89. The first-order valence-corrected chi connectivity index (χ1v) is 10.7. The Morgan fingerprint density at radius 2 is 1.90 bits per heavy atom. The molecule has 2 aromatic carbocycles. The Balaban J connectivity index is 1.94. The number of benzene rings is 2. The van der Waals surface area contributed by atoms with Crippen LogP contribution in [-0.4, -0.2) is 53.1 Å². The molecule has 160 valence electrons. The number of ether oxygens (including phenoxy) is 1. The molecule has 30 heavy (non-hydrogen) atoms. The summed E-state index contributed by atoms with van der Waals surface area (Å²) in [6.07, 6.45) is 0. The Labute approximate surface area is 186 Å². The van der Waals surface area contributed by atoms with Crippen LogP contribution in [-0.2, 0) is 4.74 Å². The van der Waals surface area contributed by atoms with E-state index in [0.29, 0.717) is 13.2 Å². The zero-order chi connectivity index (χ0) is 21.7. The summed E-state index contributed by atoms with van der Waals surface area (Å²) < 4.78 is 8.63. The third-order valence-corrected chi connectivity index (χ3v) is 5.00. The number of nitrogens with zero attached hydrogens (tertiary/aromatic N) is 5. The fourth-order valence-corrected chi connectivity index (χ4v) is 3.45. The van der Waals surface area contributed by atoms with Gasteiger partial charge in [0.05, 0.1) is 23.9 Å². The van der Waals surface area contributed by atoms with Gasteiger partial charge in [-0.05, 0) is 67.1 Å². The SMILES string of the molecule is CN(C)c1cccc(C(NCCOC(C)(C)C)c2nnnn2-c2cccc(Br)c2)c1. The van der Waals surface area contributed by atoms with E-state index in [-0.39, 0.29) is 11.6 Å². The molecule has 1 unspecified atom stereocenters. The molecular weight excluding hydrogens is 444 g/mol. The summed E-state index contributed by atoms with van der Waals surface area (Å²) in [5.74, 6) is 0.722. The van der Waals surface area contributed by atoms with Gasteiger partial charge in [0.1, 0.15) is 0 Å². The number of rotatable bonds is 8. The lowest BCUT2D eigenvalue weighted by molar-refractivity contribution is -0.00138. The van der Waals surface area contributed by atoms with Crippen LogP contribution >= 0.6 is 15.9 Å². The summed E-state index contributed by atoms with van der Waals surface area (Å²) in [5, 5.41) is 16.2. The summed E-state index contributed by atoms with van der Waals surface area (Å²) in [7, 11) is 4.06. The summed E-state index contributed by atoms with van der Waals surface area (Å²) in [5.41, 5.74) is 2.92. The number of aromatic nitrogens is 4. The van der Waals surface area contributed by atoms with Crippen molar-refractivity contribution in [3.8, 4) is 5.69 Å². The lowest BCUT2D eigenvalue weighted by Crippen LogP contribution is -2.31. The van der Waals surface area contributed by atoms with Crippen LogP contribution in [0.25, 0.3) is 5.69 Å². The smallest absolute Gasteiger partial charge is 0.178 e. The van der Waals surface area contributed by atoms with E-state index < -0.39 is 0 Å². The molecule has 1 N–H and O–H groups in total. The van der Waals surface area contributed by atoms with Crippen molar-refractivity contribution in [3.05, 3.63) is 64.4 Å². The van der Waals surface area contributed by atoms with Gasteiger partial charge in [0, 0.05) is 30.8 Å². The largest absolute Gasteiger partial charge is 0.378 e. The normalized spacial score (nSPS) is 12.7. The maximum absolute atomic E-state index is 5.89. The average molecular weight is 473 g/mol. The van der Waals surface area contributed by atoms with Gasteiger partial charge in [0.25, 0.3) is 0 Å². The number of halogens is 1. The van der Waals surface area contributed by atoms with Crippen LogP contribution < -0.4 is 10.2 Å². The van der Waals surface area contributed by atoms with E-state index in [1.54, 1.807) is 4.68 Å². The number of hydrogen-bond donors (Lipinski definition) is 1. The van der Waals surface area contributed by atoms with Crippen LogP contribution in [0, 0.1) is 0 Å². The number of nitrogens with one attached hydrogen (secondary N) is 1. The van der Waals surface area contributed by atoms with E-state index >= 15 is 0 Å². The van der Waals surface area contributed by atoms with Gasteiger partial charge in [-0.1, -0.05) is 34.1 Å². The molecule has 1 aromatic heterocycles. The molecule has 0 aliphatic carbocycles. The molecule has 0 saturated heterocycles. The third kappa shape index (κ3) is 5.87. The van der Waals surface area contributed by atoms with Gasteiger partial charge in [-0.25, -0.2) is 0 Å². The van der Waals surface area contributed by atoms with Crippen molar-refractivity contribution < 1.29 is 4.74 Å². The van der Waals surface area contributed by atoms with E-state index in [0.717, 1.165) is 27.2 Å². The van der Waals surface area contributed by atoms with Gasteiger partial charge < -0.3 is 15.0 Å². The molecule has 1 atom stereocenters. The number of hydrogen-bond acceptors (Lipinski definition) is 6. The van der Waals surface area contributed by atoms with Crippen molar-refractivity contribution in [1.82, 2.24) is 25.5 Å². The second-order valence-corrected chi connectivity index (χ2v) is 9.18. The minimum atomic E-state index is -0.192. The lowest BCUT2D eigenvalue weighted by Gasteiger charge is -2.23. The van der Waals surface area contributed by atoms with E-state index in [1.807, 2.05) is 38.4 Å². The van der Waals surface area contributed by atoms with Gasteiger partial charge in [-0.3, -0.25) is 0 Å². The van der Waals surface area contributed by atoms with Crippen molar-refractivity contribution in [1.29, 1.82) is 0 Å². The Morgan fingerprint density at radius 3 is 2.60 bits per heavy atom. The molecule has 0 bridgehead atoms. The highest BCUT2D eigenvalue weighted by Gasteiger charge is 2.23. The molecule has 3 aromatic rings. The number of anilines is 1. The molecule has 0 spiro atoms. The molecule has 8 heteroatoms. The van der Waals surface area contributed by atoms with Crippen LogP contribution in [0.3, 0.4) is 0 Å². The maximum Gasteiger partial charge on any atom is 0.178 e. The molecule has 0 saturated carbocycles. The predicted octanol–water partition coefficient (Wildman–Crippen LogP) is 3.98. The summed E-state index contributed by atoms with van der Waals surface area (Å²) >= 11 is 3.53. The molecule has 0 fully saturated rings. The zero-order valence-electron chi connectivity index (χ0n) is 18.1. The Hall–Kier alpha value is -2.29. The second kappa shape index (κ2) is 9.68. The quantitative estimate of drug-likeness (QED) is 0.500. The minimum Gasteiger partial charge on any atom is -0.378 e. The van der Waals surface area contributed by atoms with Gasteiger partial charge in [0.15, 0.2) is 5.82 Å². The van der Waals surface area contributed by atoms with Gasteiger partial charge in [-0.2, -0.15) is 4.68 Å². The Bertz CT molecular complexity index is 966. The predicted molar refractivity (Wildman–Crippen MR) is 123 cm³/mol. The lowest BCUT2D eigenvalue weighted by atomic mass is 10.0. The fourth-order valence-electron chi connectivity index (χ4n) is 3.07. The fraction of sp³-hybridized carbons (Fsp3) is 0.409. The van der Waals surface area contributed by atoms with E-state index in [4.69, 9.17) is 4.74 Å². The number of tetrazole rings is 1.